The summed E-state index contributed by atoms with van der Waals surface area (Å²) in [5, 5.41) is 2.99. The number of hydrogen-bond donors (Lipinski definition) is 2. The highest BCUT2D eigenvalue weighted by Crippen LogP contribution is 2.28. The van der Waals surface area contributed by atoms with Gasteiger partial charge in [0.15, 0.2) is 0 Å². The van der Waals surface area contributed by atoms with Crippen LogP contribution in [0, 0.1) is 12.3 Å². The van der Waals surface area contributed by atoms with Crippen LogP contribution in [0.3, 0.4) is 0 Å². The van der Waals surface area contributed by atoms with Gasteiger partial charge in [0.2, 0.25) is 5.91 Å². The Morgan fingerprint density at radius 3 is 2.44 bits per heavy atom. The summed E-state index contributed by atoms with van der Waals surface area (Å²) in [7, 11) is 0. The fourth-order valence-electron chi connectivity index (χ4n) is 1.97. The van der Waals surface area contributed by atoms with Crippen molar-refractivity contribution in [2.24, 2.45) is 11.1 Å². The SMILES string of the molecule is CCC(CC)(CN)C(=O)Nc1ccc(Br)cc1C. The maximum absolute atomic E-state index is 12.4. The van der Waals surface area contributed by atoms with E-state index in [0.29, 0.717) is 6.54 Å². The van der Waals surface area contributed by atoms with Gasteiger partial charge in [-0.25, -0.2) is 0 Å². The highest BCUT2D eigenvalue weighted by Gasteiger charge is 2.33. The van der Waals surface area contributed by atoms with E-state index in [9.17, 15) is 4.79 Å². The van der Waals surface area contributed by atoms with Crippen LogP contribution in [0.1, 0.15) is 32.3 Å². The quantitative estimate of drug-likeness (QED) is 0.874. The van der Waals surface area contributed by atoms with Crippen LogP contribution in [0.15, 0.2) is 22.7 Å². The molecule has 0 atom stereocenters. The molecule has 1 aromatic rings. The summed E-state index contributed by atoms with van der Waals surface area (Å²) in [4.78, 5) is 12.4. The second-order valence-electron chi connectivity index (χ2n) is 4.60. The Morgan fingerprint density at radius 1 is 1.39 bits per heavy atom. The average molecular weight is 313 g/mol. The van der Waals surface area contributed by atoms with Gasteiger partial charge in [-0.3, -0.25) is 4.79 Å². The third kappa shape index (κ3) is 3.12. The first kappa shape index (κ1) is 15.2. The molecule has 0 unspecified atom stereocenters. The molecule has 3 N–H and O–H groups in total. The van der Waals surface area contributed by atoms with E-state index in [1.807, 2.05) is 39.0 Å². The van der Waals surface area contributed by atoms with Crippen molar-refractivity contribution in [2.75, 3.05) is 11.9 Å². The molecule has 4 heteroatoms. The highest BCUT2D eigenvalue weighted by molar-refractivity contribution is 9.10. The van der Waals surface area contributed by atoms with E-state index in [1.54, 1.807) is 0 Å². The fourth-order valence-corrected chi connectivity index (χ4v) is 2.45. The summed E-state index contributed by atoms with van der Waals surface area (Å²) < 4.78 is 1.01. The summed E-state index contributed by atoms with van der Waals surface area (Å²) in [6.07, 6.45) is 1.50. The number of nitrogens with one attached hydrogen (secondary N) is 1. The standard InChI is InChI=1S/C14H21BrN2O/c1-4-14(5-2,9-16)13(18)17-12-7-6-11(15)8-10(12)3/h6-8H,4-5,9,16H2,1-3H3,(H,17,18). The highest BCUT2D eigenvalue weighted by atomic mass is 79.9. The number of benzene rings is 1. The molecule has 3 nitrogen and oxygen atoms in total. The van der Waals surface area contributed by atoms with Crippen LogP contribution in [0.5, 0.6) is 0 Å². The lowest BCUT2D eigenvalue weighted by Gasteiger charge is -2.28. The van der Waals surface area contributed by atoms with Gasteiger partial charge in [0.25, 0.3) is 0 Å². The third-order valence-corrected chi connectivity index (χ3v) is 4.16. The van der Waals surface area contributed by atoms with Gasteiger partial charge in [-0.1, -0.05) is 29.8 Å². The number of hydrogen-bond acceptors (Lipinski definition) is 2. The van der Waals surface area contributed by atoms with Crippen molar-refractivity contribution in [1.29, 1.82) is 0 Å². The molecule has 18 heavy (non-hydrogen) atoms. The maximum Gasteiger partial charge on any atom is 0.231 e. The van der Waals surface area contributed by atoms with Gasteiger partial charge in [-0.15, -0.1) is 0 Å². The molecule has 0 bridgehead atoms. The molecule has 0 fully saturated rings. The zero-order chi connectivity index (χ0) is 13.8. The number of halogens is 1. The van der Waals surface area contributed by atoms with E-state index >= 15 is 0 Å². The van der Waals surface area contributed by atoms with Gasteiger partial charge < -0.3 is 11.1 Å². The van der Waals surface area contributed by atoms with E-state index in [0.717, 1.165) is 28.6 Å². The number of nitrogens with two attached hydrogens (primary N) is 1. The maximum atomic E-state index is 12.4. The van der Waals surface area contributed by atoms with Crippen molar-refractivity contribution in [3.8, 4) is 0 Å². The molecule has 1 amide bonds. The summed E-state index contributed by atoms with van der Waals surface area (Å²) in [6.45, 7) is 6.36. The largest absolute Gasteiger partial charge is 0.329 e. The fraction of sp³-hybridized carbons (Fsp3) is 0.500. The second-order valence-corrected chi connectivity index (χ2v) is 5.52. The average Bonchev–Trinajstić information content (AvgIpc) is 2.36. The molecule has 0 spiro atoms. The minimum atomic E-state index is -0.459. The summed E-state index contributed by atoms with van der Waals surface area (Å²) in [5.41, 5.74) is 7.21. The van der Waals surface area contributed by atoms with Crippen LogP contribution in [0.2, 0.25) is 0 Å². The molecule has 1 rings (SSSR count). The van der Waals surface area contributed by atoms with Crippen molar-refractivity contribution >= 4 is 27.5 Å². The first-order valence-corrected chi connectivity index (χ1v) is 7.06. The molecule has 0 radical (unpaired) electrons. The van der Waals surface area contributed by atoms with Crippen LogP contribution < -0.4 is 11.1 Å². The first-order chi connectivity index (χ1) is 8.49. The molecule has 0 aliphatic heterocycles. The van der Waals surface area contributed by atoms with E-state index < -0.39 is 5.41 Å². The Labute approximate surface area is 117 Å². The number of rotatable bonds is 5. The van der Waals surface area contributed by atoms with Crippen LogP contribution >= 0.6 is 15.9 Å². The first-order valence-electron chi connectivity index (χ1n) is 6.26. The Bertz CT molecular complexity index is 420. The predicted molar refractivity (Wildman–Crippen MR) is 79.6 cm³/mol. The van der Waals surface area contributed by atoms with Crippen LogP contribution in [-0.2, 0) is 4.79 Å². The zero-order valence-corrected chi connectivity index (χ0v) is 12.8. The molecular formula is C14H21BrN2O. The molecular weight excluding hydrogens is 292 g/mol. The number of carbonyl (C=O) groups is 1. The van der Waals surface area contributed by atoms with Gasteiger partial charge in [-0.2, -0.15) is 0 Å². The Hall–Kier alpha value is -0.870. The molecule has 0 saturated heterocycles. The van der Waals surface area contributed by atoms with Crippen molar-refractivity contribution in [2.45, 2.75) is 33.6 Å². The molecule has 0 aliphatic carbocycles. The van der Waals surface area contributed by atoms with Crippen molar-refractivity contribution < 1.29 is 4.79 Å². The second kappa shape index (κ2) is 6.34. The number of amides is 1. The lowest BCUT2D eigenvalue weighted by atomic mass is 9.81. The molecule has 1 aromatic carbocycles. The van der Waals surface area contributed by atoms with Gasteiger partial charge in [0.1, 0.15) is 0 Å². The summed E-state index contributed by atoms with van der Waals surface area (Å²) in [5.74, 6) is 0.0143. The lowest BCUT2D eigenvalue weighted by Crippen LogP contribution is -2.41. The van der Waals surface area contributed by atoms with Crippen LogP contribution in [-0.4, -0.2) is 12.5 Å². The Kier molecular flexibility index (Phi) is 5.35. The van der Waals surface area contributed by atoms with Crippen LogP contribution in [0.4, 0.5) is 5.69 Å². The summed E-state index contributed by atoms with van der Waals surface area (Å²) in [6, 6.07) is 5.81. The number of aryl methyl sites for hydroxylation is 1. The number of anilines is 1. The van der Waals surface area contributed by atoms with Crippen molar-refractivity contribution in [1.82, 2.24) is 0 Å². The monoisotopic (exact) mass is 312 g/mol. The zero-order valence-electron chi connectivity index (χ0n) is 11.2. The van der Waals surface area contributed by atoms with E-state index in [4.69, 9.17) is 5.73 Å². The number of carbonyl (C=O) groups excluding carboxylic acids is 1. The normalized spacial score (nSPS) is 11.4. The van der Waals surface area contributed by atoms with Crippen molar-refractivity contribution in [3.05, 3.63) is 28.2 Å². The van der Waals surface area contributed by atoms with E-state index in [2.05, 4.69) is 21.2 Å². The molecule has 100 valence electrons. The topological polar surface area (TPSA) is 55.1 Å². The van der Waals surface area contributed by atoms with Gasteiger partial charge in [-0.05, 0) is 43.5 Å². The Balaban J connectivity index is 2.93. The Morgan fingerprint density at radius 2 is 2.00 bits per heavy atom. The molecule has 0 aliphatic rings. The lowest BCUT2D eigenvalue weighted by molar-refractivity contribution is -0.125. The minimum Gasteiger partial charge on any atom is -0.329 e. The third-order valence-electron chi connectivity index (χ3n) is 3.66. The molecule has 0 heterocycles. The van der Waals surface area contributed by atoms with E-state index in [1.165, 1.54) is 0 Å². The van der Waals surface area contributed by atoms with Gasteiger partial charge in [0, 0.05) is 16.7 Å². The molecule has 0 saturated carbocycles. The molecule has 0 aromatic heterocycles. The smallest absolute Gasteiger partial charge is 0.231 e. The summed E-state index contributed by atoms with van der Waals surface area (Å²) >= 11 is 3.41. The van der Waals surface area contributed by atoms with Crippen LogP contribution in [0.25, 0.3) is 0 Å². The van der Waals surface area contributed by atoms with Gasteiger partial charge in [0.05, 0.1) is 5.41 Å². The van der Waals surface area contributed by atoms with Gasteiger partial charge >= 0.3 is 0 Å². The predicted octanol–water partition coefficient (Wildman–Crippen LogP) is 3.46. The van der Waals surface area contributed by atoms with Crippen molar-refractivity contribution in [3.63, 3.8) is 0 Å². The minimum absolute atomic E-state index is 0.0143. The van der Waals surface area contributed by atoms with E-state index in [-0.39, 0.29) is 5.91 Å².